The van der Waals surface area contributed by atoms with Gasteiger partial charge in [0.25, 0.3) is 11.5 Å². The van der Waals surface area contributed by atoms with Crippen LogP contribution in [0.5, 0.6) is 0 Å². The SMILES string of the molecule is CCCCCCN(C(=O)c1ccccc1Cl)C(C)c1nc2cc(Cl)ccc2c(=O)n1C. The highest BCUT2D eigenvalue weighted by atomic mass is 35.5. The van der Waals surface area contributed by atoms with Crippen molar-refractivity contribution < 1.29 is 4.79 Å². The fourth-order valence-electron chi connectivity index (χ4n) is 3.74. The highest BCUT2D eigenvalue weighted by Crippen LogP contribution is 2.26. The van der Waals surface area contributed by atoms with Crippen molar-refractivity contribution in [1.29, 1.82) is 0 Å². The third-order valence-electron chi connectivity index (χ3n) is 5.53. The van der Waals surface area contributed by atoms with E-state index in [-0.39, 0.29) is 11.5 Å². The molecule has 0 N–H and O–H groups in total. The van der Waals surface area contributed by atoms with Crippen LogP contribution in [-0.4, -0.2) is 26.9 Å². The van der Waals surface area contributed by atoms with Crippen LogP contribution in [0.2, 0.25) is 10.0 Å². The molecule has 0 aliphatic rings. The van der Waals surface area contributed by atoms with E-state index in [2.05, 4.69) is 6.92 Å². The second-order valence-corrected chi connectivity index (χ2v) is 8.55. The monoisotopic (exact) mass is 459 g/mol. The molecule has 0 saturated carbocycles. The van der Waals surface area contributed by atoms with Crippen molar-refractivity contribution in [2.75, 3.05) is 6.54 Å². The number of aromatic nitrogens is 2. The van der Waals surface area contributed by atoms with E-state index in [9.17, 15) is 9.59 Å². The Balaban J connectivity index is 2.04. The van der Waals surface area contributed by atoms with Crippen molar-refractivity contribution >= 4 is 40.0 Å². The molecule has 164 valence electrons. The first-order chi connectivity index (χ1) is 14.8. The van der Waals surface area contributed by atoms with Crippen LogP contribution in [0.25, 0.3) is 10.9 Å². The first kappa shape index (κ1) is 23.3. The summed E-state index contributed by atoms with van der Waals surface area (Å²) in [5.41, 5.74) is 0.800. The number of fused-ring (bicyclic) bond motifs is 1. The fraction of sp³-hybridized carbons (Fsp3) is 0.375. The molecule has 0 fully saturated rings. The number of amides is 1. The first-order valence-corrected chi connectivity index (χ1v) is 11.3. The molecule has 31 heavy (non-hydrogen) atoms. The fourth-order valence-corrected chi connectivity index (χ4v) is 4.13. The number of carbonyl (C=O) groups is 1. The summed E-state index contributed by atoms with van der Waals surface area (Å²) in [6.45, 7) is 4.59. The molecular formula is C24H27Cl2N3O2. The standard InChI is InChI=1S/C24H27Cl2N3O2/c1-4-5-6-9-14-29(24(31)18-10-7-8-11-20(18)26)16(2)22-27-21-15-17(25)12-13-19(21)23(30)28(22)3/h7-8,10-13,15-16H,4-6,9,14H2,1-3H3. The maximum Gasteiger partial charge on any atom is 0.261 e. The molecule has 7 heteroatoms. The summed E-state index contributed by atoms with van der Waals surface area (Å²) in [6, 6.07) is 11.6. The predicted molar refractivity (Wildman–Crippen MR) is 127 cm³/mol. The zero-order valence-electron chi connectivity index (χ0n) is 18.1. The lowest BCUT2D eigenvalue weighted by Crippen LogP contribution is -2.38. The Kier molecular flexibility index (Phi) is 7.74. The lowest BCUT2D eigenvalue weighted by atomic mass is 10.1. The van der Waals surface area contributed by atoms with E-state index in [1.165, 1.54) is 4.57 Å². The van der Waals surface area contributed by atoms with Crippen molar-refractivity contribution in [3.05, 3.63) is 74.3 Å². The summed E-state index contributed by atoms with van der Waals surface area (Å²) in [6.07, 6.45) is 4.10. The number of nitrogens with zero attached hydrogens (tertiary/aromatic N) is 3. The molecule has 2 aromatic carbocycles. The van der Waals surface area contributed by atoms with Crippen LogP contribution in [-0.2, 0) is 7.05 Å². The van der Waals surface area contributed by atoms with Gasteiger partial charge in [0.2, 0.25) is 0 Å². The van der Waals surface area contributed by atoms with E-state index in [0.29, 0.717) is 38.9 Å². The van der Waals surface area contributed by atoms with Gasteiger partial charge in [-0.25, -0.2) is 4.98 Å². The Hall–Kier alpha value is -2.37. The van der Waals surface area contributed by atoms with Crippen LogP contribution in [0.4, 0.5) is 0 Å². The van der Waals surface area contributed by atoms with Crippen molar-refractivity contribution in [2.45, 2.75) is 45.6 Å². The van der Waals surface area contributed by atoms with Crippen LogP contribution in [0.1, 0.15) is 61.8 Å². The summed E-state index contributed by atoms with van der Waals surface area (Å²) in [7, 11) is 1.68. The van der Waals surface area contributed by atoms with Crippen LogP contribution in [0.15, 0.2) is 47.3 Å². The highest BCUT2D eigenvalue weighted by Gasteiger charge is 2.27. The number of hydrogen-bond acceptors (Lipinski definition) is 3. The van der Waals surface area contributed by atoms with Crippen molar-refractivity contribution in [3.8, 4) is 0 Å². The lowest BCUT2D eigenvalue weighted by Gasteiger charge is -2.30. The minimum Gasteiger partial charge on any atom is -0.329 e. The van der Waals surface area contributed by atoms with Crippen LogP contribution in [0, 0.1) is 0 Å². The van der Waals surface area contributed by atoms with Crippen molar-refractivity contribution in [1.82, 2.24) is 14.5 Å². The Labute approximate surface area is 192 Å². The van der Waals surface area contributed by atoms with Gasteiger partial charge in [-0.1, -0.05) is 61.5 Å². The van der Waals surface area contributed by atoms with Gasteiger partial charge >= 0.3 is 0 Å². The summed E-state index contributed by atoms with van der Waals surface area (Å²) < 4.78 is 1.51. The number of benzene rings is 2. The van der Waals surface area contributed by atoms with Gasteiger partial charge in [0.05, 0.1) is 27.5 Å². The van der Waals surface area contributed by atoms with Gasteiger partial charge in [-0.3, -0.25) is 14.2 Å². The van der Waals surface area contributed by atoms with Gasteiger partial charge in [-0.2, -0.15) is 0 Å². The molecule has 3 aromatic rings. The molecule has 0 spiro atoms. The molecule has 0 aliphatic heterocycles. The van der Waals surface area contributed by atoms with Gasteiger partial charge in [0.15, 0.2) is 0 Å². The molecule has 0 radical (unpaired) electrons. The van der Waals surface area contributed by atoms with Crippen LogP contribution in [0.3, 0.4) is 0 Å². The second kappa shape index (κ2) is 10.3. The quantitative estimate of drug-likeness (QED) is 0.386. The van der Waals surface area contributed by atoms with E-state index >= 15 is 0 Å². The molecule has 1 aromatic heterocycles. The average Bonchev–Trinajstić information content (AvgIpc) is 2.75. The summed E-state index contributed by atoms with van der Waals surface area (Å²) in [5, 5.41) is 1.41. The van der Waals surface area contributed by atoms with E-state index in [1.54, 1.807) is 54.4 Å². The van der Waals surface area contributed by atoms with Crippen LogP contribution < -0.4 is 5.56 Å². The van der Waals surface area contributed by atoms with Gasteiger partial charge < -0.3 is 4.90 Å². The average molecular weight is 460 g/mol. The molecule has 1 heterocycles. The van der Waals surface area contributed by atoms with E-state index in [1.807, 2.05) is 6.92 Å². The Morgan fingerprint density at radius 3 is 2.58 bits per heavy atom. The maximum atomic E-state index is 13.5. The van der Waals surface area contributed by atoms with Crippen molar-refractivity contribution in [2.24, 2.45) is 7.05 Å². The van der Waals surface area contributed by atoms with Gasteiger partial charge in [0.1, 0.15) is 5.82 Å². The molecule has 1 amide bonds. The largest absolute Gasteiger partial charge is 0.329 e. The van der Waals surface area contributed by atoms with Gasteiger partial charge in [-0.05, 0) is 43.7 Å². The minimum absolute atomic E-state index is 0.167. The zero-order valence-corrected chi connectivity index (χ0v) is 19.6. The van der Waals surface area contributed by atoms with Gasteiger partial charge in [0, 0.05) is 18.6 Å². The Morgan fingerprint density at radius 2 is 1.87 bits per heavy atom. The zero-order chi connectivity index (χ0) is 22.5. The third kappa shape index (κ3) is 5.10. The molecular weight excluding hydrogens is 433 g/mol. The van der Waals surface area contributed by atoms with Crippen molar-refractivity contribution in [3.63, 3.8) is 0 Å². The molecule has 0 bridgehead atoms. The Morgan fingerprint density at radius 1 is 1.13 bits per heavy atom. The third-order valence-corrected chi connectivity index (χ3v) is 6.10. The molecule has 0 saturated heterocycles. The topological polar surface area (TPSA) is 55.2 Å². The number of unbranched alkanes of at least 4 members (excludes halogenated alkanes) is 3. The second-order valence-electron chi connectivity index (χ2n) is 7.71. The molecule has 5 nitrogen and oxygen atoms in total. The van der Waals surface area contributed by atoms with E-state index in [4.69, 9.17) is 28.2 Å². The molecule has 0 aliphatic carbocycles. The van der Waals surface area contributed by atoms with E-state index < -0.39 is 6.04 Å². The smallest absolute Gasteiger partial charge is 0.261 e. The highest BCUT2D eigenvalue weighted by molar-refractivity contribution is 6.33. The number of rotatable bonds is 8. The number of hydrogen-bond donors (Lipinski definition) is 0. The molecule has 3 rings (SSSR count). The lowest BCUT2D eigenvalue weighted by molar-refractivity contribution is 0.0676. The molecule has 1 unspecified atom stereocenters. The summed E-state index contributed by atoms with van der Waals surface area (Å²) in [5.74, 6) is 0.339. The summed E-state index contributed by atoms with van der Waals surface area (Å²) >= 11 is 12.4. The molecule has 1 atom stereocenters. The van der Waals surface area contributed by atoms with E-state index in [0.717, 1.165) is 25.7 Å². The normalized spacial score (nSPS) is 12.2. The Bertz CT molecular complexity index is 1140. The summed E-state index contributed by atoms with van der Waals surface area (Å²) in [4.78, 5) is 32.9. The maximum absolute atomic E-state index is 13.5. The number of carbonyl (C=O) groups excluding carboxylic acids is 1. The predicted octanol–water partition coefficient (Wildman–Crippen LogP) is 6.02. The number of halogens is 2. The first-order valence-electron chi connectivity index (χ1n) is 10.6. The van der Waals surface area contributed by atoms with Gasteiger partial charge in [-0.15, -0.1) is 0 Å². The van der Waals surface area contributed by atoms with Crippen LogP contribution >= 0.6 is 23.2 Å². The minimum atomic E-state index is -0.425.